The molecule has 88 valence electrons. The smallest absolute Gasteiger partial charge is 0.101 e. The summed E-state index contributed by atoms with van der Waals surface area (Å²) in [7, 11) is 0. The summed E-state index contributed by atoms with van der Waals surface area (Å²) in [5, 5.41) is 31.5. The van der Waals surface area contributed by atoms with E-state index in [0.717, 1.165) is 5.56 Å². The van der Waals surface area contributed by atoms with Gasteiger partial charge in [-0.25, -0.2) is 0 Å². The molecule has 0 amide bonds. The molecule has 0 spiro atoms. The highest BCUT2D eigenvalue weighted by atomic mass is 16.3. The summed E-state index contributed by atoms with van der Waals surface area (Å²) in [6.07, 6.45) is -1.87. The number of rotatable bonds is 2. The first kappa shape index (κ1) is 11.3. The van der Waals surface area contributed by atoms with Crippen molar-refractivity contribution in [2.75, 3.05) is 12.3 Å². The van der Waals surface area contributed by atoms with Crippen LogP contribution in [0.3, 0.4) is 0 Å². The van der Waals surface area contributed by atoms with Crippen molar-refractivity contribution in [2.45, 2.75) is 24.3 Å². The zero-order valence-electron chi connectivity index (χ0n) is 8.74. The molecule has 4 atom stereocenters. The Balaban J connectivity index is 2.19. The number of aliphatic hydroxyl groups is 3. The van der Waals surface area contributed by atoms with Crippen LogP contribution in [0.5, 0.6) is 0 Å². The first-order chi connectivity index (χ1) is 7.63. The van der Waals surface area contributed by atoms with Gasteiger partial charge in [-0.15, -0.1) is 0 Å². The van der Waals surface area contributed by atoms with Crippen molar-refractivity contribution in [3.05, 3.63) is 29.8 Å². The largest absolute Gasteiger partial charge is 0.399 e. The third kappa shape index (κ3) is 1.90. The molecule has 2 rings (SSSR count). The third-order valence-electron chi connectivity index (χ3n) is 2.99. The lowest BCUT2D eigenvalue weighted by atomic mass is 10.0. The molecule has 6 N–H and O–H groups in total. The minimum absolute atomic E-state index is 0.205. The van der Waals surface area contributed by atoms with E-state index in [0.29, 0.717) is 5.69 Å². The minimum atomic E-state index is -0.951. The number of hydrogen-bond acceptors (Lipinski definition) is 5. The summed E-state index contributed by atoms with van der Waals surface area (Å²) in [4.78, 5) is 0. The van der Waals surface area contributed by atoms with Crippen LogP contribution in [0, 0.1) is 0 Å². The van der Waals surface area contributed by atoms with Gasteiger partial charge in [0.05, 0.1) is 24.8 Å². The first-order valence-electron chi connectivity index (χ1n) is 5.22. The number of hydrogen-bond donors (Lipinski definition) is 5. The van der Waals surface area contributed by atoms with Crippen LogP contribution in [-0.2, 0) is 0 Å². The van der Waals surface area contributed by atoms with Crippen molar-refractivity contribution in [2.24, 2.45) is 0 Å². The van der Waals surface area contributed by atoms with Gasteiger partial charge in [0.15, 0.2) is 0 Å². The number of anilines is 1. The molecular formula is C11H16N2O3. The summed E-state index contributed by atoms with van der Waals surface area (Å²) in [5.74, 6) is 0. The van der Waals surface area contributed by atoms with Crippen molar-refractivity contribution in [3.63, 3.8) is 0 Å². The van der Waals surface area contributed by atoms with E-state index in [4.69, 9.17) is 10.8 Å². The Morgan fingerprint density at radius 1 is 1.12 bits per heavy atom. The maximum Gasteiger partial charge on any atom is 0.101 e. The van der Waals surface area contributed by atoms with Crippen LogP contribution in [0.2, 0.25) is 0 Å². The first-order valence-corrected chi connectivity index (χ1v) is 5.22. The van der Waals surface area contributed by atoms with Crippen molar-refractivity contribution >= 4 is 5.69 Å². The quantitative estimate of drug-likeness (QED) is 0.415. The molecule has 0 bridgehead atoms. The van der Waals surface area contributed by atoms with Gasteiger partial charge in [0.2, 0.25) is 0 Å². The third-order valence-corrected chi connectivity index (χ3v) is 2.99. The fourth-order valence-corrected chi connectivity index (χ4v) is 2.02. The van der Waals surface area contributed by atoms with Crippen LogP contribution in [0.4, 0.5) is 5.69 Å². The predicted molar refractivity (Wildman–Crippen MR) is 59.6 cm³/mol. The minimum Gasteiger partial charge on any atom is -0.399 e. The van der Waals surface area contributed by atoms with Crippen LogP contribution in [0.25, 0.3) is 0 Å². The average molecular weight is 224 g/mol. The molecule has 1 fully saturated rings. The Morgan fingerprint density at radius 2 is 1.75 bits per heavy atom. The predicted octanol–water partition coefficient (Wildman–Crippen LogP) is -1.00. The summed E-state index contributed by atoms with van der Waals surface area (Å²) in [6, 6.07) is 6.21. The number of nitrogens with two attached hydrogens (primary N) is 1. The molecule has 0 aliphatic carbocycles. The lowest BCUT2D eigenvalue weighted by Crippen LogP contribution is -2.35. The molecule has 1 aliphatic heterocycles. The molecule has 0 radical (unpaired) electrons. The molecule has 0 saturated carbocycles. The van der Waals surface area contributed by atoms with Crippen molar-refractivity contribution in [3.8, 4) is 0 Å². The van der Waals surface area contributed by atoms with Crippen molar-refractivity contribution in [1.29, 1.82) is 0 Å². The molecule has 1 aromatic rings. The molecule has 1 aromatic carbocycles. The topological polar surface area (TPSA) is 98.7 Å². The Bertz CT molecular complexity index is 355. The maximum atomic E-state index is 9.83. The van der Waals surface area contributed by atoms with E-state index in [1.165, 1.54) is 0 Å². The van der Waals surface area contributed by atoms with Gasteiger partial charge in [-0.2, -0.15) is 0 Å². The molecule has 5 nitrogen and oxygen atoms in total. The summed E-state index contributed by atoms with van der Waals surface area (Å²) < 4.78 is 0. The summed E-state index contributed by atoms with van der Waals surface area (Å²) in [6.45, 7) is -0.205. The Hall–Kier alpha value is -1.14. The summed E-state index contributed by atoms with van der Waals surface area (Å²) in [5.41, 5.74) is 7.06. The van der Waals surface area contributed by atoms with Gasteiger partial charge in [0.1, 0.15) is 6.10 Å². The van der Waals surface area contributed by atoms with E-state index >= 15 is 0 Å². The molecule has 16 heavy (non-hydrogen) atoms. The van der Waals surface area contributed by atoms with Crippen LogP contribution in [0.15, 0.2) is 24.3 Å². The fourth-order valence-electron chi connectivity index (χ4n) is 2.02. The highest BCUT2D eigenvalue weighted by Gasteiger charge is 2.41. The molecular weight excluding hydrogens is 208 g/mol. The van der Waals surface area contributed by atoms with Crippen LogP contribution >= 0.6 is 0 Å². The summed E-state index contributed by atoms with van der Waals surface area (Å²) >= 11 is 0. The second-order valence-corrected chi connectivity index (χ2v) is 4.08. The van der Waals surface area contributed by atoms with Gasteiger partial charge in [-0.1, -0.05) is 12.1 Å². The number of nitrogens with one attached hydrogen (secondary N) is 1. The van der Waals surface area contributed by atoms with E-state index < -0.39 is 18.2 Å². The Labute approximate surface area is 93.5 Å². The van der Waals surface area contributed by atoms with Crippen molar-refractivity contribution < 1.29 is 15.3 Å². The molecule has 5 heteroatoms. The Kier molecular flexibility index (Phi) is 3.11. The van der Waals surface area contributed by atoms with E-state index in [2.05, 4.69) is 5.32 Å². The van der Waals surface area contributed by atoms with E-state index in [9.17, 15) is 10.2 Å². The van der Waals surface area contributed by atoms with Crippen LogP contribution in [0.1, 0.15) is 11.6 Å². The van der Waals surface area contributed by atoms with Gasteiger partial charge < -0.3 is 26.4 Å². The van der Waals surface area contributed by atoms with Gasteiger partial charge in [-0.05, 0) is 17.7 Å². The molecule has 1 heterocycles. The SMILES string of the molecule is Nc1ccc(C2NC(CO)C(O)C2O)cc1. The number of aliphatic hydroxyl groups excluding tert-OH is 3. The van der Waals surface area contributed by atoms with E-state index in [1.807, 2.05) is 0 Å². The second-order valence-electron chi connectivity index (χ2n) is 4.08. The zero-order valence-corrected chi connectivity index (χ0v) is 8.74. The lowest BCUT2D eigenvalue weighted by Gasteiger charge is -2.16. The molecule has 4 unspecified atom stereocenters. The van der Waals surface area contributed by atoms with Gasteiger partial charge in [0, 0.05) is 5.69 Å². The normalized spacial score (nSPS) is 34.2. The number of benzene rings is 1. The zero-order chi connectivity index (χ0) is 11.7. The van der Waals surface area contributed by atoms with Crippen LogP contribution in [-0.4, -0.2) is 40.2 Å². The highest BCUT2D eigenvalue weighted by molar-refractivity contribution is 5.40. The van der Waals surface area contributed by atoms with E-state index in [-0.39, 0.29) is 12.6 Å². The number of nitrogen functional groups attached to an aromatic ring is 1. The monoisotopic (exact) mass is 224 g/mol. The highest BCUT2D eigenvalue weighted by Crippen LogP contribution is 2.27. The molecule has 1 saturated heterocycles. The van der Waals surface area contributed by atoms with Gasteiger partial charge >= 0.3 is 0 Å². The fraction of sp³-hybridized carbons (Fsp3) is 0.455. The van der Waals surface area contributed by atoms with Crippen LogP contribution < -0.4 is 11.1 Å². The Morgan fingerprint density at radius 3 is 2.25 bits per heavy atom. The maximum absolute atomic E-state index is 9.83. The molecule has 0 aromatic heterocycles. The second kappa shape index (κ2) is 4.39. The average Bonchev–Trinajstić information content (AvgIpc) is 2.57. The van der Waals surface area contributed by atoms with Gasteiger partial charge in [0.25, 0.3) is 0 Å². The lowest BCUT2D eigenvalue weighted by molar-refractivity contribution is 0.0194. The van der Waals surface area contributed by atoms with Gasteiger partial charge in [-0.3, -0.25) is 0 Å². The van der Waals surface area contributed by atoms with E-state index in [1.54, 1.807) is 24.3 Å². The standard InChI is InChI=1S/C11H16N2O3/c12-7-3-1-6(2-4-7)9-11(16)10(15)8(5-14)13-9/h1-4,8-11,13-16H,5,12H2. The van der Waals surface area contributed by atoms with Crippen molar-refractivity contribution in [1.82, 2.24) is 5.32 Å². The molecule has 1 aliphatic rings.